The van der Waals surface area contributed by atoms with Gasteiger partial charge in [-0.05, 0) is 25.1 Å². The van der Waals surface area contributed by atoms with Gasteiger partial charge in [0.1, 0.15) is 30.1 Å². The topological polar surface area (TPSA) is 68.0 Å². The number of anilines is 1. The van der Waals surface area contributed by atoms with Crippen LogP contribution in [0.15, 0.2) is 59.4 Å². The molecule has 1 aliphatic carbocycles. The van der Waals surface area contributed by atoms with Gasteiger partial charge in [0.2, 0.25) is 0 Å². The maximum Gasteiger partial charge on any atom is 0.194 e. The number of aryl methyl sites for hydroxylation is 1. The third-order valence-electron chi connectivity index (χ3n) is 6.50. The number of benzene rings is 2. The highest BCUT2D eigenvalue weighted by atomic mass is 16.5. The number of nitrogens with zero attached hydrogens (tertiary/aromatic N) is 3. The molecule has 2 aromatic carbocycles. The van der Waals surface area contributed by atoms with Crippen LogP contribution in [0.3, 0.4) is 0 Å². The van der Waals surface area contributed by atoms with Gasteiger partial charge in [-0.2, -0.15) is 0 Å². The summed E-state index contributed by atoms with van der Waals surface area (Å²) >= 11 is 0. The number of fused-ring (bicyclic) bond motifs is 2. The molecule has 6 rings (SSSR count). The van der Waals surface area contributed by atoms with E-state index in [0.717, 1.165) is 59.7 Å². The smallest absolute Gasteiger partial charge is 0.194 e. The van der Waals surface area contributed by atoms with Crippen LogP contribution in [0.1, 0.15) is 27.9 Å². The first-order valence-corrected chi connectivity index (χ1v) is 10.9. The second-order valence-corrected chi connectivity index (χ2v) is 8.44. The van der Waals surface area contributed by atoms with E-state index in [1.165, 1.54) is 12.5 Å². The van der Waals surface area contributed by atoms with Crippen molar-refractivity contribution in [1.29, 1.82) is 0 Å². The molecule has 0 spiro atoms. The number of allylic oxidation sites excluding steroid dienone is 1. The number of carbonyl (C=O) groups is 1. The zero-order valence-electron chi connectivity index (χ0n) is 17.8. The van der Waals surface area contributed by atoms with Gasteiger partial charge in [-0.15, -0.1) is 0 Å². The summed E-state index contributed by atoms with van der Waals surface area (Å²) in [4.78, 5) is 18.3. The van der Waals surface area contributed by atoms with Crippen molar-refractivity contribution in [2.24, 2.45) is 0 Å². The minimum absolute atomic E-state index is 0.0240. The number of aromatic nitrogens is 1. The van der Waals surface area contributed by atoms with Crippen LogP contribution in [0.2, 0.25) is 0 Å². The van der Waals surface area contributed by atoms with Gasteiger partial charge in [-0.3, -0.25) is 4.79 Å². The Hall–Kier alpha value is -3.58. The van der Waals surface area contributed by atoms with Crippen LogP contribution in [0, 0.1) is 0 Å². The van der Waals surface area contributed by atoms with E-state index in [-0.39, 0.29) is 5.78 Å². The van der Waals surface area contributed by atoms with Crippen molar-refractivity contribution in [3.63, 3.8) is 0 Å². The highest BCUT2D eigenvalue weighted by Gasteiger charge is 2.33. The van der Waals surface area contributed by atoms with Crippen molar-refractivity contribution >= 4 is 22.4 Å². The van der Waals surface area contributed by atoms with Crippen molar-refractivity contribution < 1.29 is 18.8 Å². The van der Waals surface area contributed by atoms with Crippen molar-refractivity contribution in [2.45, 2.75) is 12.8 Å². The molecule has 3 heterocycles. The maximum atomic E-state index is 13.6. The van der Waals surface area contributed by atoms with Gasteiger partial charge in [-0.25, -0.2) is 0 Å². The molecule has 2 aliphatic heterocycles. The summed E-state index contributed by atoms with van der Waals surface area (Å²) in [5.74, 6) is 1.44. The Labute approximate surface area is 185 Å². The van der Waals surface area contributed by atoms with Crippen LogP contribution < -0.4 is 4.90 Å². The monoisotopic (exact) mass is 429 g/mol. The van der Waals surface area contributed by atoms with Gasteiger partial charge >= 0.3 is 0 Å². The number of ketones is 1. The van der Waals surface area contributed by atoms with Crippen LogP contribution in [-0.4, -0.2) is 49.1 Å². The first-order valence-electron chi connectivity index (χ1n) is 10.9. The number of ether oxygens (including phenoxy) is 2. The molecular weight excluding hydrogens is 406 g/mol. The van der Waals surface area contributed by atoms with Gasteiger partial charge in [0.25, 0.3) is 0 Å². The van der Waals surface area contributed by atoms with E-state index >= 15 is 0 Å². The Bertz CT molecular complexity index is 1280. The fraction of sp³-hybridized carbons (Fsp3) is 0.280. The highest BCUT2D eigenvalue weighted by molar-refractivity contribution is 6.26. The normalized spacial score (nSPS) is 17.7. The molecule has 32 heavy (non-hydrogen) atoms. The zero-order valence-corrected chi connectivity index (χ0v) is 17.8. The first-order chi connectivity index (χ1) is 15.7. The van der Waals surface area contributed by atoms with E-state index in [0.29, 0.717) is 29.7 Å². The molecule has 162 valence electrons. The predicted molar refractivity (Wildman–Crippen MR) is 120 cm³/mol. The summed E-state index contributed by atoms with van der Waals surface area (Å²) in [6, 6.07) is 9.73. The number of piperazine rings is 1. The van der Waals surface area contributed by atoms with Crippen molar-refractivity contribution in [3.8, 4) is 11.3 Å². The van der Waals surface area contributed by atoms with E-state index in [1.807, 2.05) is 24.3 Å². The largest absolute Gasteiger partial charge is 0.466 e. The van der Waals surface area contributed by atoms with Crippen LogP contribution in [0.5, 0.6) is 0 Å². The molecule has 0 unspecified atom stereocenters. The zero-order chi connectivity index (χ0) is 21.7. The molecule has 7 heteroatoms. The molecule has 1 aromatic heterocycles. The number of hydrogen-bond acceptors (Lipinski definition) is 7. The molecule has 0 bridgehead atoms. The van der Waals surface area contributed by atoms with Gasteiger partial charge in [0.15, 0.2) is 11.5 Å². The Balaban J connectivity index is 1.50. The summed E-state index contributed by atoms with van der Waals surface area (Å²) in [6.07, 6.45) is 5.90. The van der Waals surface area contributed by atoms with Gasteiger partial charge in [0, 0.05) is 49.3 Å². The fourth-order valence-corrected chi connectivity index (χ4v) is 4.77. The number of carbonyl (C=O) groups excluding carboxylic acids is 1. The van der Waals surface area contributed by atoms with Crippen LogP contribution in [0.4, 0.5) is 5.69 Å². The summed E-state index contributed by atoms with van der Waals surface area (Å²) in [5.41, 5.74) is 4.95. The van der Waals surface area contributed by atoms with Crippen molar-refractivity contribution in [3.05, 3.63) is 71.6 Å². The number of hydrogen-bond donors (Lipinski definition) is 0. The minimum atomic E-state index is 0.0240. The molecule has 3 aliphatic rings. The summed E-state index contributed by atoms with van der Waals surface area (Å²) in [7, 11) is 2.14. The molecule has 0 radical (unpaired) electrons. The third-order valence-corrected chi connectivity index (χ3v) is 6.50. The predicted octanol–water partition coefficient (Wildman–Crippen LogP) is 4.08. The van der Waals surface area contributed by atoms with Crippen LogP contribution in [-0.2, 0) is 15.9 Å². The lowest BCUT2D eigenvalue weighted by Crippen LogP contribution is -2.44. The third kappa shape index (κ3) is 3.00. The summed E-state index contributed by atoms with van der Waals surface area (Å²) in [6.45, 7) is 3.78. The van der Waals surface area contributed by atoms with Crippen molar-refractivity contribution in [1.82, 2.24) is 10.1 Å². The Kier molecular flexibility index (Phi) is 4.50. The lowest BCUT2D eigenvalue weighted by molar-refractivity contribution is 0.103. The highest BCUT2D eigenvalue weighted by Crippen LogP contribution is 2.44. The SMILES string of the molecule is CN1CCN(c2cc(CCC3=COC=CO3)c3c4c(onc24)-c2ccccc2C3=O)CC1. The second kappa shape index (κ2) is 7.53. The molecule has 1 saturated heterocycles. The number of rotatable bonds is 4. The molecule has 0 saturated carbocycles. The summed E-state index contributed by atoms with van der Waals surface area (Å²) < 4.78 is 16.7. The fourth-order valence-electron chi connectivity index (χ4n) is 4.77. The Morgan fingerprint density at radius 2 is 1.84 bits per heavy atom. The quantitative estimate of drug-likeness (QED) is 0.484. The molecule has 1 fully saturated rings. The van der Waals surface area contributed by atoms with Crippen LogP contribution >= 0.6 is 0 Å². The molecule has 7 nitrogen and oxygen atoms in total. The van der Waals surface area contributed by atoms with Gasteiger partial charge in [0.05, 0.1) is 11.1 Å². The van der Waals surface area contributed by atoms with Gasteiger partial charge in [-0.1, -0.05) is 29.4 Å². The average Bonchev–Trinajstić information content (AvgIpc) is 3.28. The standard InChI is InChI=1S/C25H23N3O4/c1-27-8-10-28(11-9-27)20-14-16(6-7-17-15-30-12-13-31-17)21-22-23(20)26-32-25(22)19-5-3-2-4-18(19)24(21)29/h2-5,12-15H,6-11H2,1H3. The summed E-state index contributed by atoms with van der Waals surface area (Å²) in [5, 5.41) is 5.29. The van der Waals surface area contributed by atoms with Crippen LogP contribution in [0.25, 0.3) is 22.2 Å². The van der Waals surface area contributed by atoms with Crippen molar-refractivity contribution in [2.75, 3.05) is 38.1 Å². The second-order valence-electron chi connectivity index (χ2n) is 8.44. The molecule has 0 amide bonds. The lowest BCUT2D eigenvalue weighted by atomic mass is 9.83. The average molecular weight is 429 g/mol. The Morgan fingerprint density at radius 3 is 2.62 bits per heavy atom. The van der Waals surface area contributed by atoms with E-state index in [1.54, 1.807) is 6.26 Å². The molecule has 0 N–H and O–H groups in total. The Morgan fingerprint density at radius 1 is 1.03 bits per heavy atom. The number of likely N-dealkylation sites (N-methyl/N-ethyl adjacent to an activating group) is 1. The van der Waals surface area contributed by atoms with E-state index in [4.69, 9.17) is 14.0 Å². The van der Waals surface area contributed by atoms with Gasteiger partial charge < -0.3 is 23.8 Å². The van der Waals surface area contributed by atoms with E-state index < -0.39 is 0 Å². The minimum Gasteiger partial charge on any atom is -0.466 e. The maximum absolute atomic E-state index is 13.6. The molecule has 0 atom stereocenters. The first kappa shape index (κ1) is 19.1. The lowest BCUT2D eigenvalue weighted by Gasteiger charge is -2.34. The van der Waals surface area contributed by atoms with E-state index in [2.05, 4.69) is 28.1 Å². The molecule has 3 aromatic rings. The van der Waals surface area contributed by atoms with E-state index in [9.17, 15) is 4.79 Å². The molecular formula is C25H23N3O4.